The fourth-order valence-corrected chi connectivity index (χ4v) is 2.50. The number of rotatable bonds is 8. The molecule has 0 spiro atoms. The predicted molar refractivity (Wildman–Crippen MR) is 97.5 cm³/mol. The Morgan fingerprint density at radius 3 is 2.73 bits per heavy atom. The molecule has 26 heavy (non-hydrogen) atoms. The normalized spacial score (nSPS) is 10.5. The van der Waals surface area contributed by atoms with Gasteiger partial charge in [-0.05, 0) is 36.2 Å². The number of hydrogen-bond donors (Lipinski definition) is 1. The van der Waals surface area contributed by atoms with E-state index in [0.717, 1.165) is 5.56 Å². The molecule has 1 heterocycles. The number of aryl methyl sites for hydroxylation is 1. The third-order valence-electron chi connectivity index (χ3n) is 3.88. The van der Waals surface area contributed by atoms with E-state index in [1.54, 1.807) is 24.7 Å². The summed E-state index contributed by atoms with van der Waals surface area (Å²) < 4.78 is 20.6. The van der Waals surface area contributed by atoms with Crippen molar-refractivity contribution in [3.63, 3.8) is 0 Å². The Balaban J connectivity index is 1.51. The molecule has 0 bridgehead atoms. The maximum absolute atomic E-state index is 12.9. The van der Waals surface area contributed by atoms with E-state index in [4.69, 9.17) is 4.74 Å². The number of ether oxygens (including phenoxy) is 1. The smallest absolute Gasteiger partial charge is 0.224 e. The number of benzene rings is 2. The van der Waals surface area contributed by atoms with Crippen LogP contribution in [0.25, 0.3) is 0 Å². The third kappa shape index (κ3) is 5.17. The Morgan fingerprint density at radius 2 is 1.96 bits per heavy atom. The number of hydrogen-bond acceptors (Lipinski definition) is 3. The van der Waals surface area contributed by atoms with Gasteiger partial charge in [-0.3, -0.25) is 4.79 Å². The molecule has 1 N–H and O–H groups in total. The van der Waals surface area contributed by atoms with Gasteiger partial charge in [-0.25, -0.2) is 9.37 Å². The van der Waals surface area contributed by atoms with Crippen LogP contribution >= 0.6 is 0 Å². The minimum absolute atomic E-state index is 0.111. The van der Waals surface area contributed by atoms with Crippen LogP contribution in [0.4, 0.5) is 10.1 Å². The fourth-order valence-electron chi connectivity index (χ4n) is 2.50. The van der Waals surface area contributed by atoms with E-state index in [1.165, 1.54) is 12.1 Å². The molecule has 134 valence electrons. The van der Waals surface area contributed by atoms with Gasteiger partial charge in [0, 0.05) is 18.8 Å². The molecule has 0 aliphatic heterocycles. The van der Waals surface area contributed by atoms with Crippen molar-refractivity contribution in [3.05, 3.63) is 78.6 Å². The summed E-state index contributed by atoms with van der Waals surface area (Å²) in [5, 5.41) is 2.88. The third-order valence-corrected chi connectivity index (χ3v) is 3.88. The second kappa shape index (κ2) is 8.80. The van der Waals surface area contributed by atoms with E-state index in [9.17, 15) is 9.18 Å². The highest BCUT2D eigenvalue weighted by molar-refractivity contribution is 5.92. The molecule has 0 unspecified atom stereocenters. The van der Waals surface area contributed by atoms with Gasteiger partial charge in [-0.15, -0.1) is 0 Å². The van der Waals surface area contributed by atoms with Crippen molar-refractivity contribution in [2.45, 2.75) is 19.4 Å². The van der Waals surface area contributed by atoms with Crippen LogP contribution < -0.4 is 10.1 Å². The maximum atomic E-state index is 12.9. The van der Waals surface area contributed by atoms with E-state index in [-0.39, 0.29) is 11.7 Å². The van der Waals surface area contributed by atoms with Crippen LogP contribution in [0, 0.1) is 5.82 Å². The summed E-state index contributed by atoms with van der Waals surface area (Å²) in [5.74, 6) is 0.239. The van der Waals surface area contributed by atoms with Crippen molar-refractivity contribution < 1.29 is 13.9 Å². The topological polar surface area (TPSA) is 56.1 Å². The summed E-state index contributed by atoms with van der Waals surface area (Å²) in [6.45, 7) is 1.14. The summed E-state index contributed by atoms with van der Waals surface area (Å²) in [5.41, 5.74) is 1.56. The minimum atomic E-state index is -0.278. The number of nitrogens with zero attached hydrogens (tertiary/aromatic N) is 2. The molecule has 0 aliphatic carbocycles. The molecule has 1 aromatic heterocycles. The number of amides is 1. The zero-order chi connectivity index (χ0) is 18.2. The summed E-state index contributed by atoms with van der Waals surface area (Å²) in [7, 11) is 0. The fraction of sp³-hybridized carbons (Fsp3) is 0.200. The molecule has 6 heteroatoms. The molecule has 0 atom stereocenters. The first-order valence-electron chi connectivity index (χ1n) is 8.42. The van der Waals surface area contributed by atoms with Crippen molar-refractivity contribution in [3.8, 4) is 5.75 Å². The van der Waals surface area contributed by atoms with Crippen LogP contribution in [-0.2, 0) is 17.8 Å². The number of nitrogens with one attached hydrogen (secondary N) is 1. The standard InChI is InChI=1S/C20H20FN3O2/c21-17-8-5-16(6-9-17)7-10-20(25)23-18-3-1-2-4-19(18)26-14-13-24-12-11-22-15-24/h1-6,8-9,11-12,15H,7,10,13-14H2,(H,23,25). The van der Waals surface area contributed by atoms with Gasteiger partial charge >= 0.3 is 0 Å². The Bertz CT molecular complexity index is 833. The molecule has 0 aliphatic rings. The average molecular weight is 353 g/mol. The van der Waals surface area contributed by atoms with Crippen molar-refractivity contribution >= 4 is 11.6 Å². The molecule has 5 nitrogen and oxygen atoms in total. The Hall–Kier alpha value is -3.15. The lowest BCUT2D eigenvalue weighted by Crippen LogP contribution is -2.14. The number of imidazole rings is 1. The van der Waals surface area contributed by atoms with Crippen molar-refractivity contribution in [1.29, 1.82) is 0 Å². The number of aromatic nitrogens is 2. The highest BCUT2D eigenvalue weighted by atomic mass is 19.1. The van der Waals surface area contributed by atoms with Gasteiger partial charge < -0.3 is 14.6 Å². The minimum Gasteiger partial charge on any atom is -0.490 e. The van der Waals surface area contributed by atoms with E-state index in [1.807, 2.05) is 35.0 Å². The largest absolute Gasteiger partial charge is 0.490 e. The molecule has 0 fully saturated rings. The Labute approximate surface area is 151 Å². The zero-order valence-electron chi connectivity index (χ0n) is 14.3. The number of para-hydroxylation sites is 2. The monoisotopic (exact) mass is 353 g/mol. The lowest BCUT2D eigenvalue weighted by Gasteiger charge is -2.12. The van der Waals surface area contributed by atoms with Crippen LogP contribution in [0.2, 0.25) is 0 Å². The SMILES string of the molecule is O=C(CCc1ccc(F)cc1)Nc1ccccc1OCCn1ccnc1. The maximum Gasteiger partial charge on any atom is 0.224 e. The highest BCUT2D eigenvalue weighted by Crippen LogP contribution is 2.24. The molecular weight excluding hydrogens is 333 g/mol. The van der Waals surface area contributed by atoms with Gasteiger partial charge in [-0.2, -0.15) is 0 Å². The van der Waals surface area contributed by atoms with Gasteiger partial charge in [-0.1, -0.05) is 24.3 Å². The second-order valence-electron chi connectivity index (χ2n) is 5.82. The molecule has 2 aromatic carbocycles. The Kier molecular flexibility index (Phi) is 5.98. The van der Waals surface area contributed by atoms with E-state index >= 15 is 0 Å². The lowest BCUT2D eigenvalue weighted by atomic mass is 10.1. The highest BCUT2D eigenvalue weighted by Gasteiger charge is 2.08. The van der Waals surface area contributed by atoms with Crippen molar-refractivity contribution in [1.82, 2.24) is 9.55 Å². The molecule has 3 rings (SSSR count). The zero-order valence-corrected chi connectivity index (χ0v) is 14.3. The van der Waals surface area contributed by atoms with Crippen LogP contribution in [0.15, 0.2) is 67.3 Å². The van der Waals surface area contributed by atoms with E-state index in [2.05, 4.69) is 10.3 Å². The molecule has 0 saturated carbocycles. The van der Waals surface area contributed by atoms with Crippen LogP contribution in [0.1, 0.15) is 12.0 Å². The Morgan fingerprint density at radius 1 is 1.15 bits per heavy atom. The van der Waals surface area contributed by atoms with Crippen LogP contribution in [-0.4, -0.2) is 22.1 Å². The van der Waals surface area contributed by atoms with Crippen LogP contribution in [0.3, 0.4) is 0 Å². The number of carbonyl (C=O) groups excluding carboxylic acids is 1. The average Bonchev–Trinajstić information content (AvgIpc) is 3.16. The van der Waals surface area contributed by atoms with E-state index in [0.29, 0.717) is 37.4 Å². The molecule has 3 aromatic rings. The predicted octanol–water partition coefficient (Wildman–Crippen LogP) is 3.67. The number of carbonyl (C=O) groups is 1. The van der Waals surface area contributed by atoms with Crippen molar-refractivity contribution in [2.24, 2.45) is 0 Å². The van der Waals surface area contributed by atoms with Gasteiger partial charge in [0.25, 0.3) is 0 Å². The number of anilines is 1. The van der Waals surface area contributed by atoms with Crippen LogP contribution in [0.5, 0.6) is 5.75 Å². The first-order valence-corrected chi connectivity index (χ1v) is 8.42. The molecular formula is C20H20FN3O2. The summed E-state index contributed by atoms with van der Waals surface area (Å²) in [6.07, 6.45) is 6.18. The molecule has 1 amide bonds. The summed E-state index contributed by atoms with van der Waals surface area (Å²) in [4.78, 5) is 16.2. The van der Waals surface area contributed by atoms with Gasteiger partial charge in [0.2, 0.25) is 5.91 Å². The first kappa shape index (κ1) is 17.7. The lowest BCUT2D eigenvalue weighted by molar-refractivity contribution is -0.116. The summed E-state index contributed by atoms with van der Waals surface area (Å²) in [6, 6.07) is 13.5. The van der Waals surface area contributed by atoms with Gasteiger partial charge in [0.05, 0.1) is 18.6 Å². The van der Waals surface area contributed by atoms with Gasteiger partial charge in [0.1, 0.15) is 18.2 Å². The molecule has 0 saturated heterocycles. The second-order valence-corrected chi connectivity index (χ2v) is 5.82. The van der Waals surface area contributed by atoms with E-state index < -0.39 is 0 Å². The first-order chi connectivity index (χ1) is 12.7. The van der Waals surface area contributed by atoms with Gasteiger partial charge in [0.15, 0.2) is 0 Å². The summed E-state index contributed by atoms with van der Waals surface area (Å²) >= 11 is 0. The van der Waals surface area contributed by atoms with Crippen molar-refractivity contribution in [2.75, 3.05) is 11.9 Å². The quantitative estimate of drug-likeness (QED) is 0.672. The number of halogens is 1. The molecule has 0 radical (unpaired) electrons.